The maximum absolute atomic E-state index is 12.2. The van der Waals surface area contributed by atoms with Gasteiger partial charge in [0.25, 0.3) is 0 Å². The largest absolute Gasteiger partial charge is 0.597 e. The molecule has 0 aliphatic rings. The number of hydrogen-bond donors (Lipinski definition) is 0. The molecule has 0 bridgehead atoms. The van der Waals surface area contributed by atoms with Crippen molar-refractivity contribution >= 4 is 8.03 Å². The minimum Gasteiger partial charge on any atom is -0.161 e. The Kier molecular flexibility index (Phi) is 3.75. The molecule has 0 aromatic heterocycles. The van der Waals surface area contributed by atoms with Crippen LogP contribution in [-0.4, -0.2) is 17.9 Å². The smallest absolute Gasteiger partial charge is 0.161 e. The summed E-state index contributed by atoms with van der Waals surface area (Å²) in [6, 6.07) is 0. The zero-order valence-electron chi connectivity index (χ0n) is 6.73. The zero-order valence-corrected chi connectivity index (χ0v) is 7.63. The third-order valence-electron chi connectivity index (χ3n) is 0.877. The molecule has 0 aromatic carbocycles. The first-order chi connectivity index (χ1) is 5.59. The second-order valence-electron chi connectivity index (χ2n) is 2.45. The van der Waals surface area contributed by atoms with E-state index in [9.17, 15) is 26.5 Å². The van der Waals surface area contributed by atoms with E-state index in [1.807, 2.05) is 0 Å². The Morgan fingerprint density at radius 1 is 1.15 bits per heavy atom. The summed E-state index contributed by atoms with van der Waals surface area (Å²) in [5.41, 5.74) is -5.29. The Balaban J connectivity index is 4.56. The van der Waals surface area contributed by atoms with Crippen molar-refractivity contribution in [1.29, 1.82) is 0 Å². The van der Waals surface area contributed by atoms with Crippen molar-refractivity contribution in [2.75, 3.05) is 0 Å². The van der Waals surface area contributed by atoms with Crippen molar-refractivity contribution < 1.29 is 31.0 Å². The highest BCUT2D eigenvalue weighted by Gasteiger charge is 2.75. The van der Waals surface area contributed by atoms with Crippen molar-refractivity contribution in [3.8, 4) is 0 Å². The van der Waals surface area contributed by atoms with Gasteiger partial charge in [-0.25, -0.2) is 0 Å². The number of rotatable bonds is 3. The monoisotopic (exact) mass is 225 g/mol. The zero-order chi connectivity index (χ0) is 10.9. The Labute approximate surface area is 71.9 Å². The van der Waals surface area contributed by atoms with Crippen LogP contribution < -0.4 is 0 Å². The molecule has 1 unspecified atom stereocenters. The van der Waals surface area contributed by atoms with Crippen LogP contribution in [0.1, 0.15) is 13.8 Å². The fraction of sp³-hybridized carbons (Fsp3) is 1.00. The van der Waals surface area contributed by atoms with E-state index < -0.39 is 26.0 Å². The summed E-state index contributed by atoms with van der Waals surface area (Å²) >= 11 is 0. The lowest BCUT2D eigenvalue weighted by atomic mass is 10.5. The van der Waals surface area contributed by atoms with Crippen LogP contribution >= 0.6 is 8.03 Å². The summed E-state index contributed by atoms with van der Waals surface area (Å²) in [6.07, 6.45) is -6.79. The standard InChI is InChI=1S/C5H7F5O2P/c1-3(2)12-13(11)5(9,10)4(6,7)8/h3H,1-2H3/q+1. The lowest BCUT2D eigenvalue weighted by Crippen LogP contribution is -2.33. The van der Waals surface area contributed by atoms with Crippen LogP contribution in [0.25, 0.3) is 0 Å². The van der Waals surface area contributed by atoms with E-state index in [1.165, 1.54) is 13.8 Å². The Morgan fingerprint density at radius 3 is 1.77 bits per heavy atom. The molecule has 0 saturated heterocycles. The normalized spacial score (nSPS) is 14.9. The highest BCUT2D eigenvalue weighted by atomic mass is 31.1. The van der Waals surface area contributed by atoms with Crippen LogP contribution in [0.5, 0.6) is 0 Å². The highest BCUT2D eigenvalue weighted by molar-refractivity contribution is 7.40. The van der Waals surface area contributed by atoms with E-state index >= 15 is 0 Å². The Bertz CT molecular complexity index is 200. The number of halogens is 5. The SMILES string of the molecule is CC(C)O[P+](=O)C(F)(F)C(F)(F)F. The van der Waals surface area contributed by atoms with E-state index in [4.69, 9.17) is 0 Å². The van der Waals surface area contributed by atoms with Crippen LogP contribution in [0.4, 0.5) is 22.0 Å². The van der Waals surface area contributed by atoms with E-state index in [-0.39, 0.29) is 0 Å². The minimum atomic E-state index is -5.84. The van der Waals surface area contributed by atoms with Gasteiger partial charge in [-0.05, 0) is 18.4 Å². The minimum absolute atomic E-state index is 0.947. The van der Waals surface area contributed by atoms with Gasteiger partial charge in [0.2, 0.25) is 0 Å². The first kappa shape index (κ1) is 12.7. The number of alkyl halides is 5. The average Bonchev–Trinajstić information content (AvgIpc) is 1.82. The summed E-state index contributed by atoms with van der Waals surface area (Å²) in [5, 5.41) is 0. The summed E-state index contributed by atoms with van der Waals surface area (Å²) in [6.45, 7) is 2.42. The van der Waals surface area contributed by atoms with Gasteiger partial charge in [0.15, 0.2) is 0 Å². The van der Waals surface area contributed by atoms with E-state index in [0.717, 1.165) is 0 Å². The Hall–Kier alpha value is -0.290. The molecule has 0 saturated carbocycles. The molecule has 78 valence electrons. The third-order valence-corrected chi connectivity index (χ3v) is 2.20. The van der Waals surface area contributed by atoms with Crippen molar-refractivity contribution in [2.24, 2.45) is 0 Å². The number of hydrogen-bond acceptors (Lipinski definition) is 2. The fourth-order valence-corrected chi connectivity index (χ4v) is 1.08. The van der Waals surface area contributed by atoms with Gasteiger partial charge < -0.3 is 0 Å². The molecule has 0 aliphatic heterocycles. The van der Waals surface area contributed by atoms with Crippen LogP contribution in [0.3, 0.4) is 0 Å². The lowest BCUT2D eigenvalue weighted by Gasteiger charge is -2.08. The van der Waals surface area contributed by atoms with Gasteiger partial charge in [-0.15, -0.1) is 13.3 Å². The second kappa shape index (κ2) is 3.84. The van der Waals surface area contributed by atoms with Crippen molar-refractivity contribution in [2.45, 2.75) is 31.8 Å². The fourth-order valence-electron chi connectivity index (χ4n) is 0.361. The molecule has 0 N–H and O–H groups in total. The molecule has 0 radical (unpaired) electrons. The molecular weight excluding hydrogens is 218 g/mol. The maximum atomic E-state index is 12.2. The van der Waals surface area contributed by atoms with Gasteiger partial charge in [0, 0.05) is 0 Å². The van der Waals surface area contributed by atoms with E-state index in [0.29, 0.717) is 0 Å². The van der Waals surface area contributed by atoms with E-state index in [2.05, 4.69) is 4.52 Å². The third kappa shape index (κ3) is 3.15. The van der Waals surface area contributed by atoms with Gasteiger partial charge in [-0.3, -0.25) is 0 Å². The van der Waals surface area contributed by atoms with Gasteiger partial charge in [0.05, 0.1) is 0 Å². The molecule has 0 heterocycles. The topological polar surface area (TPSA) is 26.3 Å². The molecule has 0 fully saturated rings. The molecule has 0 spiro atoms. The van der Waals surface area contributed by atoms with Crippen LogP contribution in [-0.2, 0) is 9.09 Å². The summed E-state index contributed by atoms with van der Waals surface area (Å²) in [4.78, 5) is 0. The van der Waals surface area contributed by atoms with Crippen molar-refractivity contribution in [3.63, 3.8) is 0 Å². The molecular formula is C5H7F5O2P+. The molecule has 0 amide bonds. The molecule has 0 rings (SSSR count). The van der Waals surface area contributed by atoms with E-state index in [1.54, 1.807) is 0 Å². The van der Waals surface area contributed by atoms with Gasteiger partial charge in [0.1, 0.15) is 6.10 Å². The van der Waals surface area contributed by atoms with Crippen LogP contribution in [0.15, 0.2) is 0 Å². The predicted molar refractivity (Wildman–Crippen MR) is 34.8 cm³/mol. The van der Waals surface area contributed by atoms with Crippen LogP contribution in [0, 0.1) is 0 Å². The Morgan fingerprint density at radius 2 is 1.54 bits per heavy atom. The first-order valence-corrected chi connectivity index (χ1v) is 4.35. The van der Waals surface area contributed by atoms with Crippen LogP contribution in [0.2, 0.25) is 0 Å². The molecule has 0 aromatic rings. The lowest BCUT2D eigenvalue weighted by molar-refractivity contribution is -0.244. The van der Waals surface area contributed by atoms with Crippen molar-refractivity contribution in [1.82, 2.24) is 0 Å². The summed E-state index contributed by atoms with van der Waals surface area (Å²) < 4.78 is 73.1. The molecule has 13 heavy (non-hydrogen) atoms. The predicted octanol–water partition coefficient (Wildman–Crippen LogP) is 3.31. The molecule has 2 nitrogen and oxygen atoms in total. The molecule has 0 aliphatic carbocycles. The summed E-state index contributed by atoms with van der Waals surface area (Å²) in [5.74, 6) is 0. The van der Waals surface area contributed by atoms with Gasteiger partial charge in [-0.1, -0.05) is 0 Å². The highest BCUT2D eigenvalue weighted by Crippen LogP contribution is 2.53. The van der Waals surface area contributed by atoms with Crippen molar-refractivity contribution in [3.05, 3.63) is 0 Å². The summed E-state index contributed by atoms with van der Waals surface area (Å²) in [7, 11) is -4.06. The first-order valence-electron chi connectivity index (χ1n) is 3.17. The van der Waals surface area contributed by atoms with Gasteiger partial charge >= 0.3 is 19.9 Å². The van der Waals surface area contributed by atoms with Gasteiger partial charge in [-0.2, -0.15) is 13.2 Å². The maximum Gasteiger partial charge on any atom is 0.597 e. The average molecular weight is 225 g/mol. The second-order valence-corrected chi connectivity index (χ2v) is 3.74. The molecule has 1 atom stereocenters. The molecule has 8 heteroatoms. The quantitative estimate of drug-likeness (QED) is 0.544.